The summed E-state index contributed by atoms with van der Waals surface area (Å²) in [6, 6.07) is 12.2. The number of carbonyl (C=O) groups excluding carboxylic acids is 2. The Morgan fingerprint density at radius 1 is 0.879 bits per heavy atom. The Bertz CT molecular complexity index is 974. The van der Waals surface area contributed by atoms with Gasteiger partial charge >= 0.3 is 12.3 Å². The number of nitrogens with zero attached hydrogens (tertiary/aromatic N) is 2. The number of rotatable bonds is 5. The standard InChI is InChI=1S/C25H29F3N2O3/c1-24(2,3)33-23(32)30-14-12-29(13-15-30)17-19-10-8-18(9-11-19)16-22(31)20-6-4-5-7-21(20)25(26,27)28/h4-11H,12-17H2,1-3H3. The van der Waals surface area contributed by atoms with Crippen LogP contribution in [0.5, 0.6) is 0 Å². The molecule has 0 atom stereocenters. The van der Waals surface area contributed by atoms with Gasteiger partial charge in [-0.3, -0.25) is 9.69 Å². The number of alkyl halides is 3. The van der Waals surface area contributed by atoms with Crippen molar-refractivity contribution in [3.63, 3.8) is 0 Å². The molecule has 0 aromatic heterocycles. The number of amides is 1. The van der Waals surface area contributed by atoms with E-state index in [4.69, 9.17) is 4.74 Å². The lowest BCUT2D eigenvalue weighted by atomic mass is 9.97. The van der Waals surface area contributed by atoms with Crippen LogP contribution in [0.3, 0.4) is 0 Å². The van der Waals surface area contributed by atoms with Gasteiger partial charge in [-0.1, -0.05) is 42.5 Å². The molecule has 5 nitrogen and oxygen atoms in total. The SMILES string of the molecule is CC(C)(C)OC(=O)N1CCN(Cc2ccc(CC(=O)c3ccccc3C(F)(F)F)cc2)CC1. The van der Waals surface area contributed by atoms with Gasteiger partial charge in [0, 0.05) is 44.7 Å². The molecule has 1 amide bonds. The monoisotopic (exact) mass is 462 g/mol. The molecule has 0 bridgehead atoms. The first-order valence-corrected chi connectivity index (χ1v) is 10.9. The second-order valence-corrected chi connectivity index (χ2v) is 9.20. The maximum atomic E-state index is 13.2. The van der Waals surface area contributed by atoms with Crippen LogP contribution in [-0.2, 0) is 23.9 Å². The van der Waals surface area contributed by atoms with Crippen molar-refractivity contribution in [2.24, 2.45) is 0 Å². The van der Waals surface area contributed by atoms with Gasteiger partial charge in [0.2, 0.25) is 0 Å². The third-order valence-corrected chi connectivity index (χ3v) is 5.35. The number of piperazine rings is 1. The summed E-state index contributed by atoms with van der Waals surface area (Å²) in [4.78, 5) is 28.6. The smallest absolute Gasteiger partial charge is 0.417 e. The molecule has 1 aliphatic rings. The van der Waals surface area contributed by atoms with Crippen LogP contribution in [0.25, 0.3) is 0 Å². The van der Waals surface area contributed by atoms with Gasteiger partial charge in [-0.15, -0.1) is 0 Å². The average Bonchev–Trinajstić information content (AvgIpc) is 2.74. The average molecular weight is 463 g/mol. The summed E-state index contributed by atoms with van der Waals surface area (Å²) in [5.41, 5.74) is -0.0382. The highest BCUT2D eigenvalue weighted by Crippen LogP contribution is 2.32. The zero-order chi connectivity index (χ0) is 24.2. The summed E-state index contributed by atoms with van der Waals surface area (Å²) >= 11 is 0. The summed E-state index contributed by atoms with van der Waals surface area (Å²) in [5.74, 6) is -0.561. The van der Waals surface area contributed by atoms with E-state index in [0.717, 1.165) is 11.6 Å². The van der Waals surface area contributed by atoms with E-state index < -0.39 is 23.1 Å². The Hall–Kier alpha value is -2.87. The Kier molecular flexibility index (Phi) is 7.47. The Balaban J connectivity index is 1.54. The lowest BCUT2D eigenvalue weighted by Crippen LogP contribution is -2.49. The van der Waals surface area contributed by atoms with Crippen molar-refractivity contribution in [1.82, 2.24) is 9.80 Å². The molecule has 1 heterocycles. The van der Waals surface area contributed by atoms with Crippen molar-refractivity contribution in [3.05, 3.63) is 70.8 Å². The van der Waals surface area contributed by atoms with Crippen LogP contribution in [0.4, 0.5) is 18.0 Å². The third-order valence-electron chi connectivity index (χ3n) is 5.35. The van der Waals surface area contributed by atoms with Gasteiger partial charge in [-0.05, 0) is 38.0 Å². The third kappa shape index (κ3) is 7.05. The summed E-state index contributed by atoms with van der Waals surface area (Å²) < 4.78 is 44.9. The van der Waals surface area contributed by atoms with Crippen LogP contribution in [-0.4, -0.2) is 53.5 Å². The minimum absolute atomic E-state index is 0.0953. The van der Waals surface area contributed by atoms with Crippen molar-refractivity contribution in [1.29, 1.82) is 0 Å². The Labute approximate surface area is 192 Å². The lowest BCUT2D eigenvalue weighted by Gasteiger charge is -2.35. The van der Waals surface area contributed by atoms with Crippen LogP contribution in [0.2, 0.25) is 0 Å². The van der Waals surface area contributed by atoms with E-state index in [1.165, 1.54) is 18.2 Å². The molecule has 0 aliphatic carbocycles. The molecule has 8 heteroatoms. The molecule has 0 radical (unpaired) electrons. The minimum atomic E-state index is -4.57. The molecule has 0 N–H and O–H groups in total. The second kappa shape index (κ2) is 9.95. The van der Waals surface area contributed by atoms with Gasteiger partial charge in [-0.2, -0.15) is 13.2 Å². The van der Waals surface area contributed by atoms with Gasteiger partial charge < -0.3 is 9.64 Å². The van der Waals surface area contributed by atoms with E-state index in [1.807, 2.05) is 32.9 Å². The highest BCUT2D eigenvalue weighted by Gasteiger charge is 2.34. The number of halogens is 3. The van der Waals surface area contributed by atoms with E-state index in [1.54, 1.807) is 17.0 Å². The molecule has 33 heavy (non-hydrogen) atoms. The second-order valence-electron chi connectivity index (χ2n) is 9.20. The molecule has 1 aliphatic heterocycles. The van der Waals surface area contributed by atoms with Crippen molar-refractivity contribution in [3.8, 4) is 0 Å². The first-order valence-electron chi connectivity index (χ1n) is 10.9. The van der Waals surface area contributed by atoms with Gasteiger partial charge in [0.05, 0.1) is 5.56 Å². The number of ether oxygens (including phenoxy) is 1. The topological polar surface area (TPSA) is 49.9 Å². The maximum Gasteiger partial charge on any atom is 0.417 e. The maximum absolute atomic E-state index is 13.2. The summed E-state index contributed by atoms with van der Waals surface area (Å²) in [7, 11) is 0. The molecule has 1 fully saturated rings. The zero-order valence-electron chi connectivity index (χ0n) is 19.1. The summed E-state index contributed by atoms with van der Waals surface area (Å²) in [6.07, 6.45) is -4.96. The molecule has 2 aromatic rings. The van der Waals surface area contributed by atoms with Crippen LogP contribution in [0, 0.1) is 0 Å². The normalized spacial score (nSPS) is 15.4. The first-order chi connectivity index (χ1) is 15.4. The molecule has 1 saturated heterocycles. The number of ketones is 1. The number of hydrogen-bond acceptors (Lipinski definition) is 4. The Morgan fingerprint density at radius 3 is 2.03 bits per heavy atom. The quantitative estimate of drug-likeness (QED) is 0.575. The van der Waals surface area contributed by atoms with Gasteiger partial charge in [0.1, 0.15) is 5.60 Å². The predicted octanol–water partition coefficient (Wildman–Crippen LogP) is 5.18. The van der Waals surface area contributed by atoms with E-state index in [9.17, 15) is 22.8 Å². The minimum Gasteiger partial charge on any atom is -0.444 e. The van der Waals surface area contributed by atoms with Crippen molar-refractivity contribution < 1.29 is 27.5 Å². The summed E-state index contributed by atoms with van der Waals surface area (Å²) in [6.45, 7) is 8.81. The lowest BCUT2D eigenvalue weighted by molar-refractivity contribution is -0.137. The van der Waals surface area contributed by atoms with E-state index in [2.05, 4.69) is 4.90 Å². The first kappa shape index (κ1) is 24.8. The van der Waals surface area contributed by atoms with Gasteiger partial charge in [-0.25, -0.2) is 4.79 Å². The number of hydrogen-bond donors (Lipinski definition) is 0. The van der Waals surface area contributed by atoms with Crippen LogP contribution in [0.15, 0.2) is 48.5 Å². The largest absolute Gasteiger partial charge is 0.444 e. The van der Waals surface area contributed by atoms with Crippen LogP contribution in [0.1, 0.15) is 47.8 Å². The fourth-order valence-electron chi connectivity index (χ4n) is 3.69. The molecule has 3 rings (SSSR count). The number of carbonyl (C=O) groups is 2. The molecular weight excluding hydrogens is 433 g/mol. The van der Waals surface area contributed by atoms with Crippen LogP contribution < -0.4 is 0 Å². The van der Waals surface area contributed by atoms with Crippen molar-refractivity contribution >= 4 is 11.9 Å². The van der Waals surface area contributed by atoms with Crippen molar-refractivity contribution in [2.45, 2.75) is 45.5 Å². The number of Topliss-reactive ketones (excluding diaryl/α,β-unsaturated/α-hetero) is 1. The summed E-state index contributed by atoms with van der Waals surface area (Å²) in [5, 5.41) is 0. The molecular formula is C25H29F3N2O3. The number of benzene rings is 2. The van der Waals surface area contributed by atoms with Crippen LogP contribution >= 0.6 is 0 Å². The molecule has 178 valence electrons. The Morgan fingerprint density at radius 2 is 1.45 bits per heavy atom. The van der Waals surface area contributed by atoms with E-state index >= 15 is 0 Å². The highest BCUT2D eigenvalue weighted by molar-refractivity contribution is 5.99. The van der Waals surface area contributed by atoms with E-state index in [0.29, 0.717) is 38.3 Å². The molecule has 0 unspecified atom stereocenters. The van der Waals surface area contributed by atoms with Gasteiger partial charge in [0.15, 0.2) is 5.78 Å². The van der Waals surface area contributed by atoms with E-state index in [-0.39, 0.29) is 18.1 Å². The molecule has 0 saturated carbocycles. The molecule has 0 spiro atoms. The fraction of sp³-hybridized carbons (Fsp3) is 0.440. The van der Waals surface area contributed by atoms with Gasteiger partial charge in [0.25, 0.3) is 0 Å². The van der Waals surface area contributed by atoms with Crippen molar-refractivity contribution in [2.75, 3.05) is 26.2 Å². The zero-order valence-corrected chi connectivity index (χ0v) is 19.1. The molecule has 2 aromatic carbocycles. The highest BCUT2D eigenvalue weighted by atomic mass is 19.4. The fourth-order valence-corrected chi connectivity index (χ4v) is 3.69. The predicted molar refractivity (Wildman–Crippen MR) is 119 cm³/mol.